The SMILES string of the molecule is CC(=O)Cc1ccc(S(=O)(=O)Nc2ccccc2Oc2ccc(Cl)cc2Cl)cc1. The van der Waals surface area contributed by atoms with Gasteiger partial charge in [0.05, 0.1) is 15.6 Å². The van der Waals surface area contributed by atoms with Crippen molar-refractivity contribution in [2.24, 2.45) is 0 Å². The Labute approximate surface area is 179 Å². The van der Waals surface area contributed by atoms with Crippen LogP contribution >= 0.6 is 23.2 Å². The first-order chi connectivity index (χ1) is 13.7. The van der Waals surface area contributed by atoms with Crippen molar-refractivity contribution < 1.29 is 17.9 Å². The summed E-state index contributed by atoms with van der Waals surface area (Å²) in [6, 6.07) is 17.5. The van der Waals surface area contributed by atoms with Gasteiger partial charge in [0.1, 0.15) is 11.5 Å². The van der Waals surface area contributed by atoms with Crippen LogP contribution in [-0.4, -0.2) is 14.2 Å². The van der Waals surface area contributed by atoms with E-state index in [0.717, 1.165) is 5.56 Å². The molecule has 8 heteroatoms. The highest BCUT2D eigenvalue weighted by molar-refractivity contribution is 7.92. The molecule has 0 amide bonds. The summed E-state index contributed by atoms with van der Waals surface area (Å²) in [6.45, 7) is 1.48. The number of ether oxygens (including phenoxy) is 1. The Bertz CT molecular complexity index is 1150. The van der Waals surface area contributed by atoms with Gasteiger partial charge in [-0.3, -0.25) is 9.52 Å². The second-order valence-electron chi connectivity index (χ2n) is 6.30. The molecule has 0 saturated carbocycles. The predicted octanol–water partition coefficient (Wildman–Crippen LogP) is 5.72. The van der Waals surface area contributed by atoms with Crippen LogP contribution in [0.25, 0.3) is 0 Å². The summed E-state index contributed by atoms with van der Waals surface area (Å²) in [7, 11) is -3.86. The van der Waals surface area contributed by atoms with Crippen molar-refractivity contribution in [3.05, 3.63) is 82.3 Å². The zero-order chi connectivity index (χ0) is 21.0. The van der Waals surface area contributed by atoms with E-state index >= 15 is 0 Å². The van der Waals surface area contributed by atoms with Crippen LogP contribution in [0.2, 0.25) is 10.0 Å². The molecule has 29 heavy (non-hydrogen) atoms. The van der Waals surface area contributed by atoms with Crippen molar-refractivity contribution >= 4 is 44.7 Å². The van der Waals surface area contributed by atoms with E-state index in [1.165, 1.54) is 25.1 Å². The van der Waals surface area contributed by atoms with E-state index < -0.39 is 10.0 Å². The van der Waals surface area contributed by atoms with Crippen LogP contribution in [0.5, 0.6) is 11.5 Å². The summed E-state index contributed by atoms with van der Waals surface area (Å²) in [5, 5.41) is 0.765. The van der Waals surface area contributed by atoms with E-state index in [9.17, 15) is 13.2 Å². The maximum absolute atomic E-state index is 12.8. The van der Waals surface area contributed by atoms with Gasteiger partial charge in [-0.2, -0.15) is 0 Å². The van der Waals surface area contributed by atoms with Crippen molar-refractivity contribution in [2.75, 3.05) is 4.72 Å². The number of anilines is 1. The summed E-state index contributed by atoms with van der Waals surface area (Å²) in [5.74, 6) is 0.635. The fourth-order valence-electron chi connectivity index (χ4n) is 2.59. The fourth-order valence-corrected chi connectivity index (χ4v) is 4.11. The number of ketones is 1. The van der Waals surface area contributed by atoms with Gasteiger partial charge in [0, 0.05) is 11.4 Å². The molecule has 0 atom stereocenters. The second kappa shape index (κ2) is 8.86. The maximum atomic E-state index is 12.8. The number of rotatable bonds is 7. The molecule has 0 aliphatic heterocycles. The van der Waals surface area contributed by atoms with E-state index in [-0.39, 0.29) is 28.5 Å². The molecule has 0 unspecified atom stereocenters. The number of hydrogen-bond acceptors (Lipinski definition) is 4. The highest BCUT2D eigenvalue weighted by atomic mass is 35.5. The van der Waals surface area contributed by atoms with Gasteiger partial charge in [-0.05, 0) is 55.0 Å². The summed E-state index contributed by atoms with van der Waals surface area (Å²) in [5.41, 5.74) is 1.00. The molecule has 0 bridgehead atoms. The van der Waals surface area contributed by atoms with Gasteiger partial charge >= 0.3 is 0 Å². The number of sulfonamides is 1. The van der Waals surface area contributed by atoms with Crippen LogP contribution in [0.15, 0.2) is 71.6 Å². The lowest BCUT2D eigenvalue weighted by Gasteiger charge is -2.14. The normalized spacial score (nSPS) is 11.1. The molecule has 5 nitrogen and oxygen atoms in total. The minimum atomic E-state index is -3.86. The van der Waals surface area contributed by atoms with E-state index in [1.54, 1.807) is 48.5 Å². The minimum absolute atomic E-state index is 0.00525. The van der Waals surface area contributed by atoms with Gasteiger partial charge < -0.3 is 4.74 Å². The lowest BCUT2D eigenvalue weighted by atomic mass is 10.1. The molecular formula is C21H17Cl2NO4S. The van der Waals surface area contributed by atoms with Gasteiger partial charge in [0.25, 0.3) is 10.0 Å². The number of hydrogen-bond donors (Lipinski definition) is 1. The lowest BCUT2D eigenvalue weighted by Crippen LogP contribution is -2.13. The zero-order valence-corrected chi connectivity index (χ0v) is 17.7. The third-order valence-corrected chi connectivity index (χ3v) is 5.84. The zero-order valence-electron chi connectivity index (χ0n) is 15.4. The van der Waals surface area contributed by atoms with Crippen molar-refractivity contribution in [2.45, 2.75) is 18.2 Å². The monoisotopic (exact) mass is 449 g/mol. The number of Topliss-reactive ketones (excluding diaryl/α,β-unsaturated/α-hetero) is 1. The topological polar surface area (TPSA) is 72.5 Å². The Kier molecular flexibility index (Phi) is 6.47. The molecule has 0 saturated heterocycles. The molecule has 0 spiro atoms. The number of benzene rings is 3. The molecule has 0 fully saturated rings. The first-order valence-electron chi connectivity index (χ1n) is 8.58. The summed E-state index contributed by atoms with van der Waals surface area (Å²) in [4.78, 5) is 11.3. The average molecular weight is 450 g/mol. The average Bonchev–Trinajstić information content (AvgIpc) is 2.65. The smallest absolute Gasteiger partial charge is 0.262 e. The van der Waals surface area contributed by atoms with Crippen LogP contribution in [0.3, 0.4) is 0 Å². The maximum Gasteiger partial charge on any atom is 0.262 e. The van der Waals surface area contributed by atoms with Crippen LogP contribution in [-0.2, 0) is 21.2 Å². The van der Waals surface area contributed by atoms with Crippen LogP contribution < -0.4 is 9.46 Å². The van der Waals surface area contributed by atoms with Crippen LogP contribution in [0, 0.1) is 0 Å². The van der Waals surface area contributed by atoms with Gasteiger partial charge in [0.15, 0.2) is 5.75 Å². The number of carbonyl (C=O) groups is 1. The molecule has 3 rings (SSSR count). The largest absolute Gasteiger partial charge is 0.454 e. The number of halogens is 2. The van der Waals surface area contributed by atoms with Gasteiger partial charge in [0.2, 0.25) is 0 Å². The van der Waals surface area contributed by atoms with Gasteiger partial charge in [-0.25, -0.2) is 8.42 Å². The second-order valence-corrected chi connectivity index (χ2v) is 8.83. The molecule has 0 radical (unpaired) electrons. The number of carbonyl (C=O) groups excluding carboxylic acids is 1. The minimum Gasteiger partial charge on any atom is -0.454 e. The molecule has 0 aromatic heterocycles. The molecule has 1 N–H and O–H groups in total. The fraction of sp³-hybridized carbons (Fsp3) is 0.0952. The Morgan fingerprint density at radius 1 is 0.966 bits per heavy atom. The molecule has 3 aromatic carbocycles. The molecule has 0 aliphatic rings. The molecule has 3 aromatic rings. The first kappa shape index (κ1) is 21.2. The Balaban J connectivity index is 1.85. The third-order valence-electron chi connectivity index (χ3n) is 3.93. The van der Waals surface area contributed by atoms with Crippen molar-refractivity contribution in [1.82, 2.24) is 0 Å². The van der Waals surface area contributed by atoms with Gasteiger partial charge in [-0.1, -0.05) is 47.5 Å². The lowest BCUT2D eigenvalue weighted by molar-refractivity contribution is -0.116. The summed E-state index contributed by atoms with van der Waals surface area (Å²) >= 11 is 12.0. The van der Waals surface area contributed by atoms with E-state index in [4.69, 9.17) is 27.9 Å². The van der Waals surface area contributed by atoms with E-state index in [2.05, 4.69) is 4.72 Å². The van der Waals surface area contributed by atoms with Crippen LogP contribution in [0.1, 0.15) is 12.5 Å². The predicted molar refractivity (Wildman–Crippen MR) is 115 cm³/mol. The van der Waals surface area contributed by atoms with Crippen molar-refractivity contribution in [3.63, 3.8) is 0 Å². The number of para-hydroxylation sites is 2. The third kappa shape index (κ3) is 5.50. The van der Waals surface area contributed by atoms with Gasteiger partial charge in [-0.15, -0.1) is 0 Å². The number of nitrogens with one attached hydrogen (secondary N) is 1. The first-order valence-corrected chi connectivity index (χ1v) is 10.8. The highest BCUT2D eigenvalue weighted by Crippen LogP contribution is 2.35. The molecule has 150 valence electrons. The van der Waals surface area contributed by atoms with Crippen LogP contribution in [0.4, 0.5) is 5.69 Å². The summed E-state index contributed by atoms with van der Waals surface area (Å²) < 4.78 is 33.9. The highest BCUT2D eigenvalue weighted by Gasteiger charge is 2.17. The Morgan fingerprint density at radius 2 is 1.66 bits per heavy atom. The molecule has 0 heterocycles. The Morgan fingerprint density at radius 3 is 2.31 bits per heavy atom. The van der Waals surface area contributed by atoms with E-state index in [1.807, 2.05) is 0 Å². The van der Waals surface area contributed by atoms with Crippen molar-refractivity contribution in [1.29, 1.82) is 0 Å². The molecule has 0 aliphatic carbocycles. The molecular weight excluding hydrogens is 433 g/mol. The summed E-state index contributed by atoms with van der Waals surface area (Å²) in [6.07, 6.45) is 0.256. The standard InChI is InChI=1S/C21H17Cl2NO4S/c1-14(25)12-15-6-9-17(10-7-15)29(26,27)24-19-4-2-3-5-21(19)28-20-11-8-16(22)13-18(20)23/h2-11,13,24H,12H2,1H3. The van der Waals surface area contributed by atoms with E-state index in [0.29, 0.717) is 15.8 Å². The quantitative estimate of drug-likeness (QED) is 0.500. The Hall–Kier alpha value is -2.54. The van der Waals surface area contributed by atoms with Crippen molar-refractivity contribution in [3.8, 4) is 11.5 Å².